The fourth-order valence-electron chi connectivity index (χ4n) is 3.30. The molecular formula is C25H20BrClN2O3. The number of hydrazone groups is 1. The Hall–Kier alpha value is -3.09. The van der Waals surface area contributed by atoms with Crippen LogP contribution in [-0.2, 0) is 11.4 Å². The predicted molar refractivity (Wildman–Crippen MR) is 131 cm³/mol. The van der Waals surface area contributed by atoms with Crippen LogP contribution in [-0.4, -0.2) is 18.7 Å². The number of nitrogens with zero attached hydrogens (tertiary/aromatic N) is 2. The molecule has 1 aliphatic heterocycles. The van der Waals surface area contributed by atoms with Crippen molar-refractivity contribution in [2.45, 2.75) is 13.5 Å². The molecule has 3 aromatic rings. The lowest BCUT2D eigenvalue weighted by atomic mass is 10.1. The van der Waals surface area contributed by atoms with Crippen LogP contribution in [0.1, 0.15) is 18.1 Å². The maximum Gasteiger partial charge on any atom is 0.280 e. The fraction of sp³-hybridized carbons (Fsp3) is 0.120. The fourth-order valence-corrected chi connectivity index (χ4v) is 3.95. The zero-order chi connectivity index (χ0) is 22.7. The Labute approximate surface area is 200 Å². The van der Waals surface area contributed by atoms with Crippen LogP contribution >= 0.6 is 27.5 Å². The lowest BCUT2D eigenvalue weighted by Crippen LogP contribution is -2.21. The van der Waals surface area contributed by atoms with Crippen LogP contribution in [0.4, 0.5) is 5.69 Å². The number of rotatable bonds is 6. The zero-order valence-corrected chi connectivity index (χ0v) is 19.9. The third kappa shape index (κ3) is 4.56. The van der Waals surface area contributed by atoms with Crippen molar-refractivity contribution in [3.05, 3.63) is 92.9 Å². The van der Waals surface area contributed by atoms with E-state index >= 15 is 0 Å². The lowest BCUT2D eigenvalue weighted by molar-refractivity contribution is -0.114. The summed E-state index contributed by atoms with van der Waals surface area (Å²) in [7, 11) is 1.59. The van der Waals surface area contributed by atoms with Gasteiger partial charge in [-0.25, -0.2) is 0 Å². The Kier molecular flexibility index (Phi) is 6.63. The van der Waals surface area contributed by atoms with Crippen LogP contribution < -0.4 is 14.5 Å². The summed E-state index contributed by atoms with van der Waals surface area (Å²) in [4.78, 5) is 13.1. The first-order valence-electron chi connectivity index (χ1n) is 9.88. The average molecular weight is 512 g/mol. The van der Waals surface area contributed by atoms with Crippen LogP contribution in [0.2, 0.25) is 5.02 Å². The third-order valence-corrected chi connectivity index (χ3v) is 5.97. The van der Waals surface area contributed by atoms with Crippen molar-refractivity contribution in [2.24, 2.45) is 5.10 Å². The van der Waals surface area contributed by atoms with Gasteiger partial charge in [-0.3, -0.25) is 4.79 Å². The van der Waals surface area contributed by atoms with Gasteiger partial charge >= 0.3 is 0 Å². The Morgan fingerprint density at radius 1 is 1.06 bits per heavy atom. The summed E-state index contributed by atoms with van der Waals surface area (Å²) in [6.07, 6.45) is 1.78. The molecule has 0 saturated carbocycles. The van der Waals surface area contributed by atoms with Crippen LogP contribution in [0.25, 0.3) is 6.08 Å². The number of anilines is 1. The number of carbonyl (C=O) groups is 1. The quantitative estimate of drug-likeness (QED) is 0.355. The average Bonchev–Trinajstić information content (AvgIpc) is 3.08. The van der Waals surface area contributed by atoms with Gasteiger partial charge in [-0.2, -0.15) is 10.1 Å². The van der Waals surface area contributed by atoms with E-state index in [4.69, 9.17) is 21.1 Å². The molecule has 162 valence electrons. The van der Waals surface area contributed by atoms with Crippen molar-refractivity contribution in [1.29, 1.82) is 0 Å². The number of carbonyl (C=O) groups excluding carboxylic acids is 1. The topological polar surface area (TPSA) is 51.1 Å². The van der Waals surface area contributed by atoms with Gasteiger partial charge in [0.25, 0.3) is 5.91 Å². The molecule has 0 aromatic heterocycles. The van der Waals surface area contributed by atoms with Crippen molar-refractivity contribution >= 4 is 50.9 Å². The first-order valence-corrected chi connectivity index (χ1v) is 11.1. The van der Waals surface area contributed by atoms with Gasteiger partial charge in [-0.1, -0.05) is 70.0 Å². The minimum absolute atomic E-state index is 0.245. The molecule has 0 bridgehead atoms. The number of amides is 1. The summed E-state index contributed by atoms with van der Waals surface area (Å²) < 4.78 is 12.3. The summed E-state index contributed by atoms with van der Waals surface area (Å²) in [6.45, 7) is 2.21. The van der Waals surface area contributed by atoms with E-state index in [2.05, 4.69) is 21.0 Å². The minimum atomic E-state index is -0.245. The Morgan fingerprint density at radius 3 is 2.50 bits per heavy atom. The van der Waals surface area contributed by atoms with E-state index in [0.29, 0.717) is 40.1 Å². The Balaban J connectivity index is 1.62. The normalized spacial score (nSPS) is 14.6. The highest BCUT2D eigenvalue weighted by Crippen LogP contribution is 2.36. The van der Waals surface area contributed by atoms with Gasteiger partial charge in [0.1, 0.15) is 6.61 Å². The molecular weight excluding hydrogens is 492 g/mol. The SMILES string of the molecule is COc1cc(C=C2C(=O)N(c3ccccc3Cl)N=C2C)c(Br)cc1OCc1ccccc1. The minimum Gasteiger partial charge on any atom is -0.493 e. The maximum atomic E-state index is 13.1. The smallest absolute Gasteiger partial charge is 0.280 e. The molecule has 1 heterocycles. The second-order valence-corrected chi connectivity index (χ2v) is 8.37. The number of hydrogen-bond acceptors (Lipinski definition) is 4. The van der Waals surface area contributed by atoms with Gasteiger partial charge in [-0.15, -0.1) is 0 Å². The third-order valence-electron chi connectivity index (χ3n) is 4.96. The van der Waals surface area contributed by atoms with E-state index in [-0.39, 0.29) is 5.91 Å². The molecule has 7 heteroatoms. The molecule has 0 saturated heterocycles. The van der Waals surface area contributed by atoms with Crippen molar-refractivity contribution in [1.82, 2.24) is 0 Å². The van der Waals surface area contributed by atoms with E-state index in [9.17, 15) is 4.79 Å². The molecule has 3 aromatic carbocycles. The maximum absolute atomic E-state index is 13.1. The van der Waals surface area contributed by atoms with Crippen LogP contribution in [0.15, 0.2) is 81.9 Å². The van der Waals surface area contributed by atoms with Gasteiger partial charge in [0.05, 0.1) is 29.1 Å². The van der Waals surface area contributed by atoms with Crippen molar-refractivity contribution in [3.8, 4) is 11.5 Å². The highest BCUT2D eigenvalue weighted by molar-refractivity contribution is 9.10. The number of ether oxygens (including phenoxy) is 2. The number of para-hydroxylation sites is 1. The Bertz CT molecular complexity index is 1230. The molecule has 0 aliphatic carbocycles. The summed E-state index contributed by atoms with van der Waals surface area (Å²) in [6, 6.07) is 20.7. The summed E-state index contributed by atoms with van der Waals surface area (Å²) in [5.41, 5.74) is 3.45. The molecule has 4 rings (SSSR count). The number of hydrogen-bond donors (Lipinski definition) is 0. The van der Waals surface area contributed by atoms with Crippen LogP contribution in [0, 0.1) is 0 Å². The van der Waals surface area contributed by atoms with E-state index in [1.165, 1.54) is 5.01 Å². The van der Waals surface area contributed by atoms with E-state index < -0.39 is 0 Å². The molecule has 5 nitrogen and oxygen atoms in total. The number of halogens is 2. The van der Waals surface area contributed by atoms with Gasteiger partial charge in [-0.05, 0) is 48.4 Å². The first kappa shape index (κ1) is 22.1. The molecule has 0 radical (unpaired) electrons. The number of benzene rings is 3. The lowest BCUT2D eigenvalue weighted by Gasteiger charge is -2.14. The van der Waals surface area contributed by atoms with Crippen molar-refractivity contribution < 1.29 is 14.3 Å². The molecule has 0 unspecified atom stereocenters. The first-order chi connectivity index (χ1) is 15.5. The molecule has 32 heavy (non-hydrogen) atoms. The molecule has 0 fully saturated rings. The predicted octanol–water partition coefficient (Wildman–Crippen LogP) is 6.50. The van der Waals surface area contributed by atoms with Crippen molar-refractivity contribution in [3.63, 3.8) is 0 Å². The summed E-state index contributed by atoms with van der Waals surface area (Å²) in [5.74, 6) is 0.927. The summed E-state index contributed by atoms with van der Waals surface area (Å²) >= 11 is 9.85. The monoisotopic (exact) mass is 510 g/mol. The largest absolute Gasteiger partial charge is 0.493 e. The van der Waals surface area contributed by atoms with Crippen LogP contribution in [0.5, 0.6) is 11.5 Å². The van der Waals surface area contributed by atoms with Crippen LogP contribution in [0.3, 0.4) is 0 Å². The molecule has 0 spiro atoms. The molecule has 0 N–H and O–H groups in total. The van der Waals surface area contributed by atoms with Crippen molar-refractivity contribution in [2.75, 3.05) is 12.1 Å². The molecule has 0 atom stereocenters. The van der Waals surface area contributed by atoms with Gasteiger partial charge < -0.3 is 9.47 Å². The Morgan fingerprint density at radius 2 is 1.78 bits per heavy atom. The van der Waals surface area contributed by atoms with E-state index in [1.807, 2.05) is 54.6 Å². The van der Waals surface area contributed by atoms with Gasteiger partial charge in [0.15, 0.2) is 11.5 Å². The summed E-state index contributed by atoms with van der Waals surface area (Å²) in [5, 5.41) is 6.19. The van der Waals surface area contributed by atoms with Gasteiger partial charge in [0, 0.05) is 4.47 Å². The highest BCUT2D eigenvalue weighted by Gasteiger charge is 2.30. The molecule has 1 amide bonds. The second kappa shape index (κ2) is 9.59. The van der Waals surface area contributed by atoms with E-state index in [0.717, 1.165) is 15.6 Å². The molecule has 1 aliphatic rings. The zero-order valence-electron chi connectivity index (χ0n) is 17.5. The standard InChI is InChI=1S/C25H20BrClN2O3/c1-16-19(25(30)29(28-16)22-11-7-6-10-21(22)27)12-18-13-23(31-2)24(14-20(18)26)32-15-17-8-4-3-5-9-17/h3-14H,15H2,1-2H3. The van der Waals surface area contributed by atoms with Gasteiger partial charge in [0.2, 0.25) is 0 Å². The van der Waals surface area contributed by atoms with E-state index in [1.54, 1.807) is 32.2 Å². The number of methoxy groups -OCH3 is 1. The highest BCUT2D eigenvalue weighted by atomic mass is 79.9. The second-order valence-electron chi connectivity index (χ2n) is 7.11.